The largest absolute Gasteiger partial charge is 0.388 e. The van der Waals surface area contributed by atoms with Crippen LogP contribution in [0.5, 0.6) is 0 Å². The van der Waals surface area contributed by atoms with Crippen LogP contribution in [0.25, 0.3) is 16.5 Å². The maximum Gasteiger partial charge on any atom is 0.260 e. The predicted octanol–water partition coefficient (Wildman–Crippen LogP) is 4.37. The molecule has 0 aromatic carbocycles. The number of alkyl halides is 2. The number of hydrogen-bond donors (Lipinski definition) is 2. The van der Waals surface area contributed by atoms with E-state index in [1.807, 2.05) is 13.8 Å². The molecule has 2 heterocycles. The SMILES string of the molecule is C=CCC(O)C(=C)/C=C(C)\C(=C/C)c1cc2cnc(NC(=O)C3CC3(F)F)cc2n(C)c1=O. The van der Waals surface area contributed by atoms with Crippen molar-refractivity contribution < 1.29 is 18.7 Å². The molecule has 1 saturated carbocycles. The van der Waals surface area contributed by atoms with E-state index in [2.05, 4.69) is 23.5 Å². The molecule has 174 valence electrons. The molecule has 1 amide bonds. The molecule has 2 unspecified atom stereocenters. The van der Waals surface area contributed by atoms with E-state index in [1.165, 1.54) is 16.8 Å². The van der Waals surface area contributed by atoms with Gasteiger partial charge in [-0.25, -0.2) is 13.8 Å². The summed E-state index contributed by atoms with van der Waals surface area (Å²) in [6, 6.07) is 3.19. The Kier molecular flexibility index (Phi) is 6.78. The number of aryl methyl sites for hydroxylation is 1. The highest BCUT2D eigenvalue weighted by atomic mass is 19.3. The quantitative estimate of drug-likeness (QED) is 0.457. The Balaban J connectivity index is 1.95. The minimum Gasteiger partial charge on any atom is -0.388 e. The third-order valence-electron chi connectivity index (χ3n) is 5.73. The van der Waals surface area contributed by atoms with E-state index in [0.717, 1.165) is 5.57 Å². The van der Waals surface area contributed by atoms with Crippen molar-refractivity contribution in [2.45, 2.75) is 38.7 Å². The fraction of sp³-hybridized carbons (Fsp3) is 0.320. The molecule has 0 bridgehead atoms. The molecule has 33 heavy (non-hydrogen) atoms. The van der Waals surface area contributed by atoms with Crippen molar-refractivity contribution in [3.8, 4) is 0 Å². The summed E-state index contributed by atoms with van der Waals surface area (Å²) in [5.74, 6) is -4.99. The third kappa shape index (κ3) is 5.01. The number of pyridine rings is 2. The van der Waals surface area contributed by atoms with Gasteiger partial charge in [0.15, 0.2) is 0 Å². The number of aliphatic hydroxyl groups excluding tert-OH is 1. The van der Waals surface area contributed by atoms with Crippen LogP contribution >= 0.6 is 0 Å². The summed E-state index contributed by atoms with van der Waals surface area (Å²) in [6.45, 7) is 11.1. The van der Waals surface area contributed by atoms with Gasteiger partial charge in [0.2, 0.25) is 5.91 Å². The summed E-state index contributed by atoms with van der Waals surface area (Å²) in [5, 5.41) is 13.1. The van der Waals surface area contributed by atoms with Crippen LogP contribution in [0.2, 0.25) is 0 Å². The number of aromatic nitrogens is 2. The molecule has 0 spiro atoms. The lowest BCUT2D eigenvalue weighted by atomic mass is 9.95. The summed E-state index contributed by atoms with van der Waals surface area (Å²) in [7, 11) is 1.59. The van der Waals surface area contributed by atoms with Crippen molar-refractivity contribution in [3.05, 3.63) is 76.8 Å². The van der Waals surface area contributed by atoms with Crippen LogP contribution < -0.4 is 10.9 Å². The van der Waals surface area contributed by atoms with Gasteiger partial charge >= 0.3 is 0 Å². The molecule has 6 nitrogen and oxygen atoms in total. The molecule has 1 fully saturated rings. The van der Waals surface area contributed by atoms with Crippen LogP contribution in [-0.2, 0) is 11.8 Å². The van der Waals surface area contributed by atoms with Gasteiger partial charge in [-0.1, -0.05) is 24.8 Å². The summed E-state index contributed by atoms with van der Waals surface area (Å²) in [4.78, 5) is 29.3. The van der Waals surface area contributed by atoms with Crippen molar-refractivity contribution in [1.29, 1.82) is 0 Å². The Labute approximate surface area is 190 Å². The van der Waals surface area contributed by atoms with Crippen LogP contribution in [0.1, 0.15) is 32.3 Å². The normalized spacial score (nSPS) is 18.7. The lowest BCUT2D eigenvalue weighted by molar-refractivity contribution is -0.119. The molecule has 8 heteroatoms. The van der Waals surface area contributed by atoms with E-state index in [-0.39, 0.29) is 11.4 Å². The standard InChI is InChI=1S/C25H27F2N3O3/c1-6-8-21(31)15(4)9-14(3)17(7-2)18-10-16-13-28-22(11-20(16)30(5)24(18)33)29-23(32)19-12-25(19,26)27/h6-7,9-11,13,19,21,31H,1,4,8,12H2,2-3,5H3,(H,28,29,32)/b14-9-,17-7+. The van der Waals surface area contributed by atoms with Crippen molar-refractivity contribution in [3.63, 3.8) is 0 Å². The number of rotatable bonds is 8. The molecule has 2 N–H and O–H groups in total. The maximum atomic E-state index is 13.1. The second-order valence-corrected chi connectivity index (χ2v) is 8.20. The molecule has 0 saturated heterocycles. The zero-order chi connectivity index (χ0) is 24.5. The highest BCUT2D eigenvalue weighted by Gasteiger charge is 2.61. The number of nitrogens with zero attached hydrogens (tertiary/aromatic N) is 2. The van der Waals surface area contributed by atoms with Gasteiger partial charge in [0.05, 0.1) is 11.6 Å². The van der Waals surface area contributed by atoms with Crippen LogP contribution in [0.3, 0.4) is 0 Å². The number of carbonyl (C=O) groups is 1. The summed E-state index contributed by atoms with van der Waals surface area (Å²) in [5.41, 5.74) is 2.59. The Bertz CT molecular complexity index is 1260. The van der Waals surface area contributed by atoms with Gasteiger partial charge in [-0.2, -0.15) is 0 Å². The molecular weight excluding hydrogens is 428 g/mol. The number of aliphatic hydroxyl groups is 1. The van der Waals surface area contributed by atoms with E-state index in [4.69, 9.17) is 0 Å². The summed E-state index contributed by atoms with van der Waals surface area (Å²) < 4.78 is 27.7. The number of halogens is 2. The van der Waals surface area contributed by atoms with Gasteiger partial charge in [-0.15, -0.1) is 6.58 Å². The van der Waals surface area contributed by atoms with E-state index < -0.39 is 30.3 Å². The zero-order valence-corrected chi connectivity index (χ0v) is 18.9. The minimum absolute atomic E-state index is 0.104. The number of amides is 1. The second-order valence-electron chi connectivity index (χ2n) is 8.20. The fourth-order valence-electron chi connectivity index (χ4n) is 3.69. The van der Waals surface area contributed by atoms with E-state index in [1.54, 1.807) is 31.3 Å². The number of hydrogen-bond acceptors (Lipinski definition) is 4. The summed E-state index contributed by atoms with van der Waals surface area (Å²) in [6.07, 6.45) is 5.77. The first-order valence-electron chi connectivity index (χ1n) is 10.5. The van der Waals surface area contributed by atoms with Gasteiger partial charge in [-0.05, 0) is 43.1 Å². The van der Waals surface area contributed by atoms with E-state index in [0.29, 0.717) is 34.0 Å². The molecule has 2 aromatic heterocycles. The lowest BCUT2D eigenvalue weighted by Gasteiger charge is -2.14. The van der Waals surface area contributed by atoms with Crippen molar-refractivity contribution >= 4 is 28.2 Å². The van der Waals surface area contributed by atoms with Gasteiger partial charge in [0.25, 0.3) is 11.5 Å². The molecule has 0 radical (unpaired) electrons. The van der Waals surface area contributed by atoms with Crippen molar-refractivity contribution in [2.24, 2.45) is 13.0 Å². The van der Waals surface area contributed by atoms with Crippen molar-refractivity contribution in [2.75, 3.05) is 5.32 Å². The minimum atomic E-state index is -2.97. The first-order valence-corrected chi connectivity index (χ1v) is 10.5. The maximum absolute atomic E-state index is 13.1. The Morgan fingerprint density at radius 1 is 1.45 bits per heavy atom. The first kappa shape index (κ1) is 24.3. The van der Waals surface area contributed by atoms with Crippen LogP contribution in [-0.4, -0.2) is 32.6 Å². The molecule has 1 aliphatic carbocycles. The molecule has 2 aromatic rings. The highest BCUT2D eigenvalue weighted by molar-refractivity contribution is 5.96. The Morgan fingerprint density at radius 2 is 2.12 bits per heavy atom. The topological polar surface area (TPSA) is 84.2 Å². The van der Waals surface area contributed by atoms with Gasteiger partial charge in [0.1, 0.15) is 11.7 Å². The fourth-order valence-corrected chi connectivity index (χ4v) is 3.69. The Hall–Kier alpha value is -3.39. The smallest absolute Gasteiger partial charge is 0.260 e. The monoisotopic (exact) mass is 455 g/mol. The number of fused-ring (bicyclic) bond motifs is 1. The van der Waals surface area contributed by atoms with Gasteiger partial charge in [-0.3, -0.25) is 9.59 Å². The van der Waals surface area contributed by atoms with Crippen LogP contribution in [0.15, 0.2) is 65.7 Å². The van der Waals surface area contributed by atoms with Crippen molar-refractivity contribution in [1.82, 2.24) is 9.55 Å². The van der Waals surface area contributed by atoms with E-state index in [9.17, 15) is 23.5 Å². The average Bonchev–Trinajstić information content (AvgIpc) is 3.41. The number of anilines is 1. The number of allylic oxidation sites excluding steroid dienone is 3. The molecule has 1 aliphatic rings. The zero-order valence-electron chi connectivity index (χ0n) is 18.9. The number of nitrogens with one attached hydrogen (secondary N) is 1. The Morgan fingerprint density at radius 3 is 2.70 bits per heavy atom. The highest BCUT2D eigenvalue weighted by Crippen LogP contribution is 2.49. The average molecular weight is 456 g/mol. The lowest BCUT2D eigenvalue weighted by Crippen LogP contribution is -2.22. The molecular formula is C25H27F2N3O3. The second kappa shape index (κ2) is 9.23. The molecule has 2 atom stereocenters. The van der Waals surface area contributed by atoms with Gasteiger partial charge in [0, 0.05) is 36.7 Å². The summed E-state index contributed by atoms with van der Waals surface area (Å²) >= 11 is 0. The predicted molar refractivity (Wildman–Crippen MR) is 126 cm³/mol. The first-order chi connectivity index (χ1) is 15.5. The third-order valence-corrected chi connectivity index (χ3v) is 5.73. The molecule has 0 aliphatic heterocycles. The number of carbonyl (C=O) groups excluding carboxylic acids is 1. The van der Waals surface area contributed by atoms with E-state index >= 15 is 0 Å². The van der Waals surface area contributed by atoms with Gasteiger partial charge < -0.3 is 15.0 Å². The van der Waals surface area contributed by atoms with Crippen LogP contribution in [0, 0.1) is 5.92 Å². The van der Waals surface area contributed by atoms with Crippen LogP contribution in [0.4, 0.5) is 14.6 Å². The molecule has 3 rings (SSSR count).